The number of aromatic nitrogens is 1. The average Bonchev–Trinajstić information content (AvgIpc) is 2.53. The number of benzene rings is 1. The first-order chi connectivity index (χ1) is 10.3. The second-order valence-electron chi connectivity index (χ2n) is 5.76. The van der Waals surface area contributed by atoms with Crippen molar-refractivity contribution in [2.45, 2.75) is 25.3 Å². The highest BCUT2D eigenvalue weighted by atomic mass is 16.5. The highest BCUT2D eigenvalue weighted by Crippen LogP contribution is 2.25. The smallest absolute Gasteiger partial charge is 0.133 e. The molecule has 0 saturated carbocycles. The van der Waals surface area contributed by atoms with Gasteiger partial charge in [0.25, 0.3) is 0 Å². The Morgan fingerprint density at radius 2 is 2.24 bits per heavy atom. The first-order valence-electron chi connectivity index (χ1n) is 7.65. The third kappa shape index (κ3) is 3.10. The molecule has 2 aromatic rings. The Morgan fingerprint density at radius 3 is 3.05 bits per heavy atom. The fourth-order valence-corrected chi connectivity index (χ4v) is 3.04. The summed E-state index contributed by atoms with van der Waals surface area (Å²) in [6.45, 7) is 2.15. The van der Waals surface area contributed by atoms with Gasteiger partial charge >= 0.3 is 0 Å². The molecule has 1 atom stereocenters. The Labute approximate surface area is 126 Å². The van der Waals surface area contributed by atoms with E-state index in [1.807, 2.05) is 18.3 Å². The number of nitrogens with one attached hydrogen (secondary N) is 1. The van der Waals surface area contributed by atoms with Crippen LogP contribution in [0.4, 0.5) is 5.82 Å². The lowest BCUT2D eigenvalue weighted by Crippen LogP contribution is -2.40. The SMILES string of the molecule is COc1ccc2c(NCC3CCCCN3C)nccc2c1. The van der Waals surface area contributed by atoms with Gasteiger partial charge in [-0.1, -0.05) is 6.42 Å². The lowest BCUT2D eigenvalue weighted by Gasteiger charge is -2.32. The number of likely N-dealkylation sites (tertiary alicyclic amines) is 1. The fourth-order valence-electron chi connectivity index (χ4n) is 3.04. The van der Waals surface area contributed by atoms with Gasteiger partial charge in [-0.2, -0.15) is 0 Å². The van der Waals surface area contributed by atoms with Gasteiger partial charge in [0, 0.05) is 24.2 Å². The van der Waals surface area contributed by atoms with E-state index in [0.717, 1.165) is 28.9 Å². The number of anilines is 1. The molecule has 0 amide bonds. The van der Waals surface area contributed by atoms with E-state index in [-0.39, 0.29) is 0 Å². The van der Waals surface area contributed by atoms with Gasteiger partial charge in [-0.3, -0.25) is 0 Å². The molecule has 4 heteroatoms. The summed E-state index contributed by atoms with van der Waals surface area (Å²) >= 11 is 0. The normalized spacial score (nSPS) is 19.6. The van der Waals surface area contributed by atoms with Gasteiger partial charge < -0.3 is 15.0 Å². The largest absolute Gasteiger partial charge is 0.497 e. The number of piperidine rings is 1. The number of methoxy groups -OCH3 is 1. The van der Waals surface area contributed by atoms with Gasteiger partial charge in [0.1, 0.15) is 11.6 Å². The van der Waals surface area contributed by atoms with Crippen LogP contribution < -0.4 is 10.1 Å². The zero-order chi connectivity index (χ0) is 14.7. The third-order valence-electron chi connectivity index (χ3n) is 4.40. The number of hydrogen-bond acceptors (Lipinski definition) is 4. The van der Waals surface area contributed by atoms with E-state index in [0.29, 0.717) is 6.04 Å². The molecule has 1 aliphatic rings. The Hall–Kier alpha value is -1.81. The maximum absolute atomic E-state index is 5.28. The highest BCUT2D eigenvalue weighted by Gasteiger charge is 2.18. The van der Waals surface area contributed by atoms with Crippen LogP contribution in [-0.4, -0.2) is 43.2 Å². The summed E-state index contributed by atoms with van der Waals surface area (Å²) in [5.41, 5.74) is 0. The number of nitrogens with zero attached hydrogens (tertiary/aromatic N) is 2. The molecule has 3 rings (SSSR count). The minimum atomic E-state index is 0.606. The molecule has 1 aliphatic heterocycles. The summed E-state index contributed by atoms with van der Waals surface area (Å²) < 4.78 is 5.28. The van der Waals surface area contributed by atoms with Gasteiger partial charge in [0.2, 0.25) is 0 Å². The molecule has 21 heavy (non-hydrogen) atoms. The molecule has 0 aliphatic carbocycles. The van der Waals surface area contributed by atoms with Crippen molar-refractivity contribution in [2.24, 2.45) is 0 Å². The lowest BCUT2D eigenvalue weighted by atomic mass is 10.0. The van der Waals surface area contributed by atoms with Crippen molar-refractivity contribution < 1.29 is 4.74 Å². The van der Waals surface area contributed by atoms with Crippen LogP contribution in [-0.2, 0) is 0 Å². The van der Waals surface area contributed by atoms with Crippen LogP contribution in [0.15, 0.2) is 30.5 Å². The summed E-state index contributed by atoms with van der Waals surface area (Å²) in [6.07, 6.45) is 5.77. The topological polar surface area (TPSA) is 37.4 Å². The van der Waals surface area contributed by atoms with E-state index >= 15 is 0 Å². The summed E-state index contributed by atoms with van der Waals surface area (Å²) in [7, 11) is 3.91. The molecule has 112 valence electrons. The molecule has 0 spiro atoms. The maximum Gasteiger partial charge on any atom is 0.133 e. The molecule has 1 unspecified atom stereocenters. The number of fused-ring (bicyclic) bond motifs is 1. The Morgan fingerprint density at radius 1 is 1.33 bits per heavy atom. The van der Waals surface area contributed by atoms with E-state index in [1.54, 1.807) is 7.11 Å². The molecular weight excluding hydrogens is 262 g/mol. The lowest BCUT2D eigenvalue weighted by molar-refractivity contribution is 0.194. The number of likely N-dealkylation sites (N-methyl/N-ethyl adjacent to an activating group) is 1. The van der Waals surface area contributed by atoms with Crippen molar-refractivity contribution in [1.82, 2.24) is 9.88 Å². The van der Waals surface area contributed by atoms with Crippen molar-refractivity contribution >= 4 is 16.6 Å². The predicted octanol–water partition coefficient (Wildman–Crippen LogP) is 3.14. The third-order valence-corrected chi connectivity index (χ3v) is 4.40. The molecule has 1 aromatic heterocycles. The first kappa shape index (κ1) is 14.1. The van der Waals surface area contributed by atoms with Crippen LogP contribution in [0.2, 0.25) is 0 Å². The van der Waals surface area contributed by atoms with E-state index in [1.165, 1.54) is 25.8 Å². The quantitative estimate of drug-likeness (QED) is 0.936. The predicted molar refractivity (Wildman–Crippen MR) is 87.1 cm³/mol. The van der Waals surface area contributed by atoms with Crippen LogP contribution in [0, 0.1) is 0 Å². The average molecular weight is 285 g/mol. The summed E-state index contributed by atoms with van der Waals surface area (Å²) in [5, 5.41) is 5.84. The zero-order valence-electron chi connectivity index (χ0n) is 12.8. The molecule has 1 N–H and O–H groups in total. The van der Waals surface area contributed by atoms with Gasteiger partial charge in [0.05, 0.1) is 7.11 Å². The Kier molecular flexibility index (Phi) is 4.25. The molecule has 0 bridgehead atoms. The van der Waals surface area contributed by atoms with Gasteiger partial charge in [-0.15, -0.1) is 0 Å². The molecule has 1 aromatic carbocycles. The number of pyridine rings is 1. The summed E-state index contributed by atoms with van der Waals surface area (Å²) in [5.74, 6) is 1.85. The molecule has 2 heterocycles. The second kappa shape index (κ2) is 6.31. The van der Waals surface area contributed by atoms with E-state index < -0.39 is 0 Å². The molecule has 1 fully saturated rings. The first-order valence-corrected chi connectivity index (χ1v) is 7.65. The molecule has 0 radical (unpaired) electrons. The van der Waals surface area contributed by atoms with Crippen LogP contribution in [0.25, 0.3) is 10.8 Å². The molecule has 1 saturated heterocycles. The molecular formula is C17H23N3O. The van der Waals surface area contributed by atoms with E-state index in [9.17, 15) is 0 Å². The van der Waals surface area contributed by atoms with Crippen molar-refractivity contribution in [3.63, 3.8) is 0 Å². The van der Waals surface area contributed by atoms with Crippen LogP contribution in [0.5, 0.6) is 5.75 Å². The monoisotopic (exact) mass is 285 g/mol. The highest BCUT2D eigenvalue weighted by molar-refractivity contribution is 5.92. The van der Waals surface area contributed by atoms with Crippen molar-refractivity contribution in [3.05, 3.63) is 30.5 Å². The van der Waals surface area contributed by atoms with Crippen LogP contribution in [0.3, 0.4) is 0 Å². The van der Waals surface area contributed by atoms with Gasteiger partial charge in [-0.25, -0.2) is 4.98 Å². The van der Waals surface area contributed by atoms with Crippen molar-refractivity contribution in [3.8, 4) is 5.75 Å². The van der Waals surface area contributed by atoms with Crippen LogP contribution >= 0.6 is 0 Å². The number of hydrogen-bond donors (Lipinski definition) is 1. The second-order valence-corrected chi connectivity index (χ2v) is 5.76. The molecule has 4 nitrogen and oxygen atoms in total. The van der Waals surface area contributed by atoms with E-state index in [4.69, 9.17) is 4.74 Å². The van der Waals surface area contributed by atoms with Crippen molar-refractivity contribution in [1.29, 1.82) is 0 Å². The Balaban J connectivity index is 1.77. The maximum atomic E-state index is 5.28. The minimum absolute atomic E-state index is 0.606. The summed E-state index contributed by atoms with van der Waals surface area (Å²) in [4.78, 5) is 6.95. The number of ether oxygens (including phenoxy) is 1. The minimum Gasteiger partial charge on any atom is -0.497 e. The zero-order valence-corrected chi connectivity index (χ0v) is 12.8. The summed E-state index contributed by atoms with van der Waals surface area (Å²) in [6, 6.07) is 8.75. The van der Waals surface area contributed by atoms with Crippen LogP contribution in [0.1, 0.15) is 19.3 Å². The van der Waals surface area contributed by atoms with Gasteiger partial charge in [0.15, 0.2) is 0 Å². The fraction of sp³-hybridized carbons (Fsp3) is 0.471. The standard InChI is InChI=1S/C17H23N3O/c1-20-10-4-3-5-14(20)12-19-17-16-7-6-15(21-2)11-13(16)8-9-18-17/h6-9,11,14H,3-5,10,12H2,1-2H3,(H,18,19). The van der Waals surface area contributed by atoms with Gasteiger partial charge in [-0.05, 0) is 56.1 Å². The van der Waals surface area contributed by atoms with E-state index in [2.05, 4.69) is 34.4 Å². The number of rotatable bonds is 4. The van der Waals surface area contributed by atoms with Crippen molar-refractivity contribution in [2.75, 3.05) is 32.6 Å². The Bertz CT molecular complexity index is 614.